The molecule has 2 nitrogen and oxygen atoms in total. The molecule has 2 unspecified atom stereocenters. The van der Waals surface area contributed by atoms with Crippen molar-refractivity contribution in [3.63, 3.8) is 0 Å². The molecule has 2 atom stereocenters. The van der Waals surface area contributed by atoms with Gasteiger partial charge >= 0.3 is 0 Å². The smallest absolute Gasteiger partial charge is 0.0517 e. The van der Waals surface area contributed by atoms with E-state index in [0.717, 1.165) is 13.0 Å². The van der Waals surface area contributed by atoms with Gasteiger partial charge < -0.3 is 10.4 Å². The summed E-state index contributed by atoms with van der Waals surface area (Å²) in [5.41, 5.74) is 1.45. The molecule has 0 fully saturated rings. The van der Waals surface area contributed by atoms with Crippen LogP contribution in [-0.2, 0) is 0 Å². The SMILES string of the molecule is CC(O)CC(C)(C)CNC(c1ccccc1)C(C)C. The van der Waals surface area contributed by atoms with Crippen LogP contribution in [0.25, 0.3) is 0 Å². The molecule has 1 rings (SSSR count). The molecule has 0 radical (unpaired) electrons. The first-order valence-corrected chi connectivity index (χ1v) is 7.28. The van der Waals surface area contributed by atoms with Crippen molar-refractivity contribution < 1.29 is 5.11 Å². The summed E-state index contributed by atoms with van der Waals surface area (Å²) >= 11 is 0. The first-order valence-electron chi connectivity index (χ1n) is 7.28. The first-order chi connectivity index (χ1) is 8.82. The Morgan fingerprint density at radius 3 is 2.16 bits per heavy atom. The average Bonchev–Trinajstić information content (AvgIpc) is 2.28. The molecule has 0 bridgehead atoms. The van der Waals surface area contributed by atoms with Gasteiger partial charge in [0, 0.05) is 12.6 Å². The number of aliphatic hydroxyl groups excluding tert-OH is 1. The van der Waals surface area contributed by atoms with E-state index in [-0.39, 0.29) is 11.5 Å². The van der Waals surface area contributed by atoms with Gasteiger partial charge in [0.1, 0.15) is 0 Å². The number of nitrogens with one attached hydrogen (secondary N) is 1. The van der Waals surface area contributed by atoms with Gasteiger partial charge in [-0.25, -0.2) is 0 Å². The van der Waals surface area contributed by atoms with Crippen LogP contribution in [0.3, 0.4) is 0 Å². The zero-order valence-corrected chi connectivity index (χ0v) is 13.0. The molecule has 0 saturated heterocycles. The third-order valence-corrected chi connectivity index (χ3v) is 3.47. The number of hydrogen-bond acceptors (Lipinski definition) is 2. The average molecular weight is 263 g/mol. The van der Waals surface area contributed by atoms with Crippen LogP contribution in [0.1, 0.15) is 52.6 Å². The summed E-state index contributed by atoms with van der Waals surface area (Å²) < 4.78 is 0. The fourth-order valence-electron chi connectivity index (χ4n) is 2.66. The van der Waals surface area contributed by atoms with Crippen molar-refractivity contribution >= 4 is 0 Å². The molecule has 0 spiro atoms. The maximum Gasteiger partial charge on any atom is 0.0517 e. The van der Waals surface area contributed by atoms with Crippen molar-refractivity contribution in [2.45, 2.75) is 53.2 Å². The van der Waals surface area contributed by atoms with Crippen LogP contribution in [0.2, 0.25) is 0 Å². The molecular weight excluding hydrogens is 234 g/mol. The van der Waals surface area contributed by atoms with Crippen LogP contribution in [0.5, 0.6) is 0 Å². The molecule has 0 aliphatic rings. The summed E-state index contributed by atoms with van der Waals surface area (Å²) in [7, 11) is 0. The highest BCUT2D eigenvalue weighted by Gasteiger charge is 2.23. The second-order valence-corrected chi connectivity index (χ2v) is 6.73. The third-order valence-electron chi connectivity index (χ3n) is 3.47. The number of aliphatic hydroxyl groups is 1. The van der Waals surface area contributed by atoms with E-state index in [1.165, 1.54) is 5.56 Å². The van der Waals surface area contributed by atoms with Gasteiger partial charge in [-0.1, -0.05) is 58.0 Å². The molecule has 0 heterocycles. The van der Waals surface area contributed by atoms with E-state index >= 15 is 0 Å². The van der Waals surface area contributed by atoms with Crippen LogP contribution in [0, 0.1) is 11.3 Å². The minimum Gasteiger partial charge on any atom is -0.393 e. The molecule has 0 saturated carbocycles. The summed E-state index contributed by atoms with van der Waals surface area (Å²) in [4.78, 5) is 0. The molecule has 19 heavy (non-hydrogen) atoms. The summed E-state index contributed by atoms with van der Waals surface area (Å²) in [6, 6.07) is 11.0. The van der Waals surface area contributed by atoms with Crippen molar-refractivity contribution in [1.82, 2.24) is 5.32 Å². The quantitative estimate of drug-likeness (QED) is 0.785. The Kier molecular flexibility index (Phi) is 6.02. The molecule has 0 aromatic heterocycles. The van der Waals surface area contributed by atoms with Crippen molar-refractivity contribution in [3.8, 4) is 0 Å². The molecule has 0 aliphatic heterocycles. The lowest BCUT2D eigenvalue weighted by molar-refractivity contribution is 0.125. The topological polar surface area (TPSA) is 32.3 Å². The van der Waals surface area contributed by atoms with Crippen molar-refractivity contribution in [2.24, 2.45) is 11.3 Å². The monoisotopic (exact) mass is 263 g/mol. The standard InChI is InChI=1S/C17H29NO/c1-13(2)16(15-9-7-6-8-10-15)18-12-17(4,5)11-14(3)19/h6-10,13-14,16,18-19H,11-12H2,1-5H3. The van der Waals surface area contributed by atoms with Crippen molar-refractivity contribution in [1.29, 1.82) is 0 Å². The van der Waals surface area contributed by atoms with Crippen LogP contribution in [0.15, 0.2) is 30.3 Å². The highest BCUT2D eigenvalue weighted by Crippen LogP contribution is 2.26. The maximum atomic E-state index is 9.55. The third kappa shape index (κ3) is 5.75. The number of hydrogen-bond donors (Lipinski definition) is 2. The Morgan fingerprint density at radius 1 is 1.11 bits per heavy atom. The van der Waals surface area contributed by atoms with Crippen molar-refractivity contribution in [3.05, 3.63) is 35.9 Å². The van der Waals surface area contributed by atoms with Crippen LogP contribution in [0.4, 0.5) is 0 Å². The van der Waals surface area contributed by atoms with E-state index in [1.54, 1.807) is 0 Å². The summed E-state index contributed by atoms with van der Waals surface area (Å²) in [5, 5.41) is 13.2. The Labute approximate surface area is 118 Å². The summed E-state index contributed by atoms with van der Waals surface area (Å²) in [6.07, 6.45) is 0.575. The number of rotatable bonds is 7. The van der Waals surface area contributed by atoms with Gasteiger partial charge in [0.25, 0.3) is 0 Å². The second-order valence-electron chi connectivity index (χ2n) is 6.73. The molecule has 1 aromatic carbocycles. The molecule has 0 amide bonds. The Hall–Kier alpha value is -0.860. The van der Waals surface area contributed by atoms with Gasteiger partial charge in [0.2, 0.25) is 0 Å². The van der Waals surface area contributed by atoms with Gasteiger partial charge in [0.05, 0.1) is 6.10 Å². The lowest BCUT2D eigenvalue weighted by atomic mass is 9.85. The lowest BCUT2D eigenvalue weighted by Crippen LogP contribution is -2.36. The molecule has 2 N–H and O–H groups in total. The Bertz CT molecular complexity index is 357. The molecule has 0 aliphatic carbocycles. The van der Waals surface area contributed by atoms with Gasteiger partial charge in [-0.2, -0.15) is 0 Å². The lowest BCUT2D eigenvalue weighted by Gasteiger charge is -2.31. The van der Waals surface area contributed by atoms with E-state index in [9.17, 15) is 5.11 Å². The van der Waals surface area contributed by atoms with Crippen LogP contribution < -0.4 is 5.32 Å². The largest absolute Gasteiger partial charge is 0.393 e. The minimum atomic E-state index is -0.244. The fourth-order valence-corrected chi connectivity index (χ4v) is 2.66. The summed E-state index contributed by atoms with van der Waals surface area (Å²) in [6.45, 7) is 11.7. The minimum absolute atomic E-state index is 0.107. The highest BCUT2D eigenvalue weighted by molar-refractivity contribution is 5.19. The second kappa shape index (κ2) is 7.06. The van der Waals surface area contributed by atoms with Crippen LogP contribution >= 0.6 is 0 Å². The Balaban J connectivity index is 2.66. The van der Waals surface area contributed by atoms with E-state index in [0.29, 0.717) is 12.0 Å². The number of benzene rings is 1. The molecule has 2 heteroatoms. The zero-order valence-electron chi connectivity index (χ0n) is 13.0. The van der Waals surface area contributed by atoms with Crippen molar-refractivity contribution in [2.75, 3.05) is 6.54 Å². The van der Waals surface area contributed by atoms with Gasteiger partial charge in [-0.15, -0.1) is 0 Å². The fraction of sp³-hybridized carbons (Fsp3) is 0.647. The molecule has 108 valence electrons. The summed E-state index contributed by atoms with van der Waals surface area (Å²) in [5.74, 6) is 0.546. The van der Waals surface area contributed by atoms with E-state index in [4.69, 9.17) is 0 Å². The molecule has 1 aromatic rings. The zero-order chi connectivity index (χ0) is 14.5. The van der Waals surface area contributed by atoms with Gasteiger partial charge in [-0.3, -0.25) is 0 Å². The molecular formula is C17H29NO. The normalized spacial score (nSPS) is 15.5. The maximum absolute atomic E-state index is 9.55. The Morgan fingerprint density at radius 2 is 1.68 bits per heavy atom. The van der Waals surface area contributed by atoms with E-state index in [2.05, 4.69) is 63.3 Å². The highest BCUT2D eigenvalue weighted by atomic mass is 16.3. The van der Waals surface area contributed by atoms with E-state index in [1.807, 2.05) is 6.92 Å². The first kappa shape index (κ1) is 16.2. The van der Waals surface area contributed by atoms with Crippen LogP contribution in [-0.4, -0.2) is 17.8 Å². The van der Waals surface area contributed by atoms with E-state index < -0.39 is 0 Å². The van der Waals surface area contributed by atoms with Gasteiger partial charge in [0.15, 0.2) is 0 Å². The van der Waals surface area contributed by atoms with Gasteiger partial charge in [-0.05, 0) is 30.2 Å². The predicted molar refractivity (Wildman–Crippen MR) is 82.1 cm³/mol. The predicted octanol–water partition coefficient (Wildman–Crippen LogP) is 3.77.